The molecule has 1 N–H and O–H groups in total. The Hall–Kier alpha value is -3.19. The van der Waals surface area contributed by atoms with Gasteiger partial charge in [-0.1, -0.05) is 30.3 Å². The average Bonchev–Trinajstić information content (AvgIpc) is 3.23. The normalized spacial score (nSPS) is 15.9. The molecular formula is C21H18N2O4S. The van der Waals surface area contributed by atoms with Crippen LogP contribution in [0.15, 0.2) is 76.2 Å². The lowest BCUT2D eigenvalue weighted by Gasteiger charge is -2.29. The average molecular weight is 394 g/mol. The molecule has 0 fully saturated rings. The number of nitrogens with one attached hydrogen (secondary N) is 1. The fourth-order valence-electron chi connectivity index (χ4n) is 3.09. The van der Waals surface area contributed by atoms with Crippen LogP contribution in [0.4, 0.5) is 5.69 Å². The third kappa shape index (κ3) is 3.75. The first-order valence-corrected chi connectivity index (χ1v) is 10.1. The Morgan fingerprint density at radius 2 is 1.93 bits per heavy atom. The van der Waals surface area contributed by atoms with Crippen LogP contribution in [-0.2, 0) is 28.7 Å². The van der Waals surface area contributed by atoms with Crippen LogP contribution < -0.4 is 10.2 Å². The van der Waals surface area contributed by atoms with E-state index in [1.165, 1.54) is 0 Å². The van der Waals surface area contributed by atoms with Crippen LogP contribution in [0.25, 0.3) is 0 Å². The molecule has 2 heterocycles. The molecule has 7 heteroatoms. The summed E-state index contributed by atoms with van der Waals surface area (Å²) in [5.41, 5.74) is 1.88. The summed E-state index contributed by atoms with van der Waals surface area (Å²) in [4.78, 5) is 27.2. The van der Waals surface area contributed by atoms with Gasteiger partial charge in [-0.05, 0) is 35.9 Å². The van der Waals surface area contributed by atoms with Gasteiger partial charge in [-0.2, -0.15) is 0 Å². The maximum atomic E-state index is 12.6. The summed E-state index contributed by atoms with van der Waals surface area (Å²) < 4.78 is 17.6. The molecule has 3 aromatic rings. The van der Waals surface area contributed by atoms with Crippen molar-refractivity contribution < 1.29 is 18.2 Å². The number of fused-ring (bicyclic) bond motifs is 1. The molecule has 2 amide bonds. The van der Waals surface area contributed by atoms with Crippen molar-refractivity contribution in [1.29, 1.82) is 0 Å². The number of furan rings is 1. The molecule has 6 nitrogen and oxygen atoms in total. The molecule has 0 bridgehead atoms. The van der Waals surface area contributed by atoms with Crippen molar-refractivity contribution >= 4 is 28.3 Å². The van der Waals surface area contributed by atoms with E-state index < -0.39 is 10.8 Å². The zero-order chi connectivity index (χ0) is 19.5. The minimum absolute atomic E-state index is 0.0517. The lowest BCUT2D eigenvalue weighted by Crippen LogP contribution is -2.38. The minimum Gasteiger partial charge on any atom is -0.467 e. The Labute approximate surface area is 164 Å². The number of rotatable bonds is 5. The first-order valence-electron chi connectivity index (χ1n) is 8.79. The summed E-state index contributed by atoms with van der Waals surface area (Å²) in [6.45, 7) is 0.628. The lowest BCUT2D eigenvalue weighted by atomic mass is 10.1. The van der Waals surface area contributed by atoms with E-state index in [1.807, 2.05) is 30.3 Å². The van der Waals surface area contributed by atoms with E-state index in [-0.39, 0.29) is 24.1 Å². The third-order valence-corrected chi connectivity index (χ3v) is 5.84. The van der Waals surface area contributed by atoms with Crippen molar-refractivity contribution in [3.05, 3.63) is 83.8 Å². The van der Waals surface area contributed by atoms with Gasteiger partial charge < -0.3 is 14.6 Å². The number of carbonyl (C=O) groups excluding carboxylic acids is 2. The highest BCUT2D eigenvalue weighted by Crippen LogP contribution is 2.31. The number of hydrogen-bond donors (Lipinski definition) is 1. The summed E-state index contributed by atoms with van der Waals surface area (Å²) >= 11 is 0. The molecule has 0 unspecified atom stereocenters. The van der Waals surface area contributed by atoms with Crippen LogP contribution in [0.2, 0.25) is 0 Å². The highest BCUT2D eigenvalue weighted by molar-refractivity contribution is 7.86. The molecule has 0 spiro atoms. The van der Waals surface area contributed by atoms with E-state index >= 15 is 0 Å². The SMILES string of the molecule is O=C(NCc1ccco1)c1ccc2c(c1)N(Cc1ccccc1)C(=O)C[S@]2=O. The van der Waals surface area contributed by atoms with Gasteiger partial charge in [-0.3, -0.25) is 13.8 Å². The topological polar surface area (TPSA) is 79.6 Å². The van der Waals surface area contributed by atoms with Crippen LogP contribution in [0, 0.1) is 0 Å². The second kappa shape index (κ2) is 7.82. The van der Waals surface area contributed by atoms with E-state index in [0.29, 0.717) is 28.5 Å². The zero-order valence-corrected chi connectivity index (χ0v) is 15.8. The summed E-state index contributed by atoms with van der Waals surface area (Å²) in [5.74, 6) is 0.0861. The minimum atomic E-state index is -1.41. The van der Waals surface area contributed by atoms with Gasteiger partial charge in [0, 0.05) is 5.56 Å². The van der Waals surface area contributed by atoms with Gasteiger partial charge in [0.25, 0.3) is 5.91 Å². The van der Waals surface area contributed by atoms with Crippen molar-refractivity contribution in [2.45, 2.75) is 18.0 Å². The third-order valence-electron chi connectivity index (χ3n) is 4.50. The summed E-state index contributed by atoms with van der Waals surface area (Å²) in [7, 11) is -1.41. The number of hydrogen-bond acceptors (Lipinski definition) is 4. The zero-order valence-electron chi connectivity index (χ0n) is 15.0. The van der Waals surface area contributed by atoms with Gasteiger partial charge in [0.05, 0.1) is 40.7 Å². The molecule has 0 saturated carbocycles. The molecule has 142 valence electrons. The van der Waals surface area contributed by atoms with Gasteiger partial charge in [0.15, 0.2) is 0 Å². The molecule has 1 aliphatic rings. The molecule has 0 radical (unpaired) electrons. The lowest BCUT2D eigenvalue weighted by molar-refractivity contribution is -0.116. The first kappa shape index (κ1) is 18.2. The quantitative estimate of drug-likeness (QED) is 0.722. The van der Waals surface area contributed by atoms with Crippen molar-refractivity contribution in [2.75, 3.05) is 10.7 Å². The fourth-order valence-corrected chi connectivity index (χ4v) is 4.24. The van der Waals surface area contributed by atoms with Crippen LogP contribution in [-0.4, -0.2) is 21.8 Å². The molecular weight excluding hydrogens is 376 g/mol. The van der Waals surface area contributed by atoms with E-state index in [9.17, 15) is 13.8 Å². The molecule has 0 aliphatic carbocycles. The number of benzene rings is 2. The second-order valence-electron chi connectivity index (χ2n) is 6.40. The molecule has 1 aromatic heterocycles. The van der Waals surface area contributed by atoms with Crippen molar-refractivity contribution in [1.82, 2.24) is 5.32 Å². The highest BCUT2D eigenvalue weighted by Gasteiger charge is 2.30. The van der Waals surface area contributed by atoms with Crippen molar-refractivity contribution in [3.63, 3.8) is 0 Å². The van der Waals surface area contributed by atoms with Crippen molar-refractivity contribution in [3.8, 4) is 0 Å². The monoisotopic (exact) mass is 394 g/mol. The molecule has 28 heavy (non-hydrogen) atoms. The van der Waals surface area contributed by atoms with E-state index in [1.54, 1.807) is 41.5 Å². The predicted octanol–water partition coefficient (Wildman–Crippen LogP) is 2.86. The maximum absolute atomic E-state index is 12.6. The largest absolute Gasteiger partial charge is 0.467 e. The predicted molar refractivity (Wildman–Crippen MR) is 105 cm³/mol. The molecule has 1 atom stereocenters. The Kier molecular flexibility index (Phi) is 5.08. The Morgan fingerprint density at radius 1 is 1.11 bits per heavy atom. The maximum Gasteiger partial charge on any atom is 0.251 e. The fraction of sp³-hybridized carbons (Fsp3) is 0.143. The van der Waals surface area contributed by atoms with Crippen LogP contribution in [0.1, 0.15) is 21.7 Å². The van der Waals surface area contributed by atoms with Crippen molar-refractivity contribution in [2.24, 2.45) is 0 Å². The Balaban J connectivity index is 1.61. The molecule has 1 aliphatic heterocycles. The Morgan fingerprint density at radius 3 is 2.68 bits per heavy atom. The number of amides is 2. The highest BCUT2D eigenvalue weighted by atomic mass is 32.2. The van der Waals surface area contributed by atoms with Gasteiger partial charge >= 0.3 is 0 Å². The van der Waals surface area contributed by atoms with Gasteiger partial charge in [0.1, 0.15) is 11.5 Å². The van der Waals surface area contributed by atoms with E-state index in [0.717, 1.165) is 5.56 Å². The summed E-state index contributed by atoms with van der Waals surface area (Å²) in [6, 6.07) is 18.0. The number of anilines is 1. The summed E-state index contributed by atoms with van der Waals surface area (Å²) in [6.07, 6.45) is 1.54. The van der Waals surface area contributed by atoms with Crippen LogP contribution >= 0.6 is 0 Å². The Bertz CT molecular complexity index is 1030. The van der Waals surface area contributed by atoms with E-state index in [4.69, 9.17) is 4.42 Å². The standard InChI is InChI=1S/C21H18N2O4S/c24-20-14-28(26)19-9-8-16(21(25)22-12-17-7-4-10-27-17)11-18(19)23(20)13-15-5-2-1-3-6-15/h1-11H,12-14H2,(H,22,25)/t28-/m1/s1. The summed E-state index contributed by atoms with van der Waals surface area (Å²) in [5, 5.41) is 2.78. The molecule has 2 aromatic carbocycles. The van der Waals surface area contributed by atoms with Crippen LogP contribution in [0.5, 0.6) is 0 Å². The number of nitrogens with zero attached hydrogens (tertiary/aromatic N) is 1. The van der Waals surface area contributed by atoms with Gasteiger partial charge in [0.2, 0.25) is 5.91 Å². The molecule has 0 saturated heterocycles. The molecule has 4 rings (SSSR count). The number of carbonyl (C=O) groups is 2. The first-order chi connectivity index (χ1) is 13.6. The van der Waals surface area contributed by atoms with Crippen LogP contribution in [0.3, 0.4) is 0 Å². The van der Waals surface area contributed by atoms with E-state index in [2.05, 4.69) is 5.32 Å². The van der Waals surface area contributed by atoms with Gasteiger partial charge in [-0.25, -0.2) is 0 Å². The smallest absolute Gasteiger partial charge is 0.251 e. The van der Waals surface area contributed by atoms with Gasteiger partial charge in [-0.15, -0.1) is 0 Å². The second-order valence-corrected chi connectivity index (χ2v) is 7.82.